The minimum atomic E-state index is -4.53. The number of benzene rings is 1. The predicted octanol–water partition coefficient (Wildman–Crippen LogP) is 3.33. The van der Waals surface area contributed by atoms with Crippen molar-refractivity contribution in [2.24, 2.45) is 0 Å². The molecule has 1 saturated heterocycles. The Kier molecular flexibility index (Phi) is 5.35. The summed E-state index contributed by atoms with van der Waals surface area (Å²) in [7, 11) is 1.55. The maximum Gasteiger partial charge on any atom is 0.416 e. The lowest BCUT2D eigenvalue weighted by molar-refractivity contribution is -0.137. The van der Waals surface area contributed by atoms with Gasteiger partial charge < -0.3 is 14.5 Å². The molecule has 148 valence electrons. The molecule has 2 aliphatic heterocycles. The van der Waals surface area contributed by atoms with Gasteiger partial charge in [0.05, 0.1) is 23.7 Å². The van der Waals surface area contributed by atoms with Crippen molar-refractivity contribution in [2.75, 3.05) is 20.1 Å². The van der Waals surface area contributed by atoms with E-state index in [-0.39, 0.29) is 23.3 Å². The van der Waals surface area contributed by atoms with Gasteiger partial charge in [0.1, 0.15) is 11.9 Å². The van der Waals surface area contributed by atoms with Crippen molar-refractivity contribution in [3.05, 3.63) is 29.3 Å². The van der Waals surface area contributed by atoms with Gasteiger partial charge in [-0.25, -0.2) is 0 Å². The van der Waals surface area contributed by atoms with Crippen LogP contribution in [-0.4, -0.2) is 53.9 Å². The first-order chi connectivity index (χ1) is 12.7. The van der Waals surface area contributed by atoms with Gasteiger partial charge in [-0.15, -0.1) is 0 Å². The number of fused-ring (bicyclic) bond motifs is 2. The molecule has 27 heavy (non-hydrogen) atoms. The average molecular weight is 384 g/mol. The van der Waals surface area contributed by atoms with E-state index >= 15 is 0 Å². The Bertz CT molecular complexity index is 735. The highest BCUT2D eigenvalue weighted by Gasteiger charge is 2.44. The molecular formula is C19H23F3N2O3. The van der Waals surface area contributed by atoms with E-state index in [2.05, 4.69) is 6.92 Å². The first-order valence-corrected chi connectivity index (χ1v) is 9.15. The van der Waals surface area contributed by atoms with Crippen molar-refractivity contribution in [1.29, 1.82) is 0 Å². The van der Waals surface area contributed by atoms with Crippen LogP contribution in [0.2, 0.25) is 0 Å². The first kappa shape index (κ1) is 19.5. The van der Waals surface area contributed by atoms with Crippen LogP contribution in [0.3, 0.4) is 0 Å². The maximum atomic E-state index is 13.0. The van der Waals surface area contributed by atoms with Gasteiger partial charge in [0, 0.05) is 20.0 Å². The minimum absolute atomic E-state index is 0.0219. The normalized spacial score (nSPS) is 22.2. The van der Waals surface area contributed by atoms with Crippen molar-refractivity contribution in [3.63, 3.8) is 0 Å². The van der Waals surface area contributed by atoms with Crippen LogP contribution in [-0.2, 0) is 11.0 Å². The molecule has 1 aromatic rings. The fourth-order valence-electron chi connectivity index (χ4n) is 3.61. The number of ether oxygens (including phenoxy) is 1. The summed E-state index contributed by atoms with van der Waals surface area (Å²) in [4.78, 5) is 28.2. The van der Waals surface area contributed by atoms with Crippen molar-refractivity contribution in [1.82, 2.24) is 9.80 Å². The van der Waals surface area contributed by atoms with E-state index in [0.717, 1.165) is 31.4 Å². The number of carbonyl (C=O) groups excluding carboxylic acids is 2. The second-order valence-corrected chi connectivity index (χ2v) is 7.10. The van der Waals surface area contributed by atoms with Gasteiger partial charge in [0.15, 0.2) is 0 Å². The number of unbranched alkanes of at least 4 members (excludes halogenated alkanes) is 2. The Morgan fingerprint density at radius 3 is 2.67 bits per heavy atom. The van der Waals surface area contributed by atoms with Crippen LogP contribution < -0.4 is 4.74 Å². The van der Waals surface area contributed by atoms with Gasteiger partial charge in [0.2, 0.25) is 5.91 Å². The number of alkyl halides is 3. The minimum Gasteiger partial charge on any atom is -0.486 e. The second-order valence-electron chi connectivity index (χ2n) is 7.10. The molecule has 0 unspecified atom stereocenters. The van der Waals surface area contributed by atoms with Gasteiger partial charge in [-0.2, -0.15) is 13.2 Å². The Labute approximate surface area is 156 Å². The summed E-state index contributed by atoms with van der Waals surface area (Å²) in [6.07, 6.45) is -1.70. The third-order valence-corrected chi connectivity index (χ3v) is 5.22. The van der Waals surface area contributed by atoms with Crippen LogP contribution in [0.25, 0.3) is 0 Å². The molecule has 2 aliphatic rings. The molecular weight excluding hydrogens is 361 g/mol. The van der Waals surface area contributed by atoms with E-state index in [1.54, 1.807) is 11.9 Å². The zero-order valence-electron chi connectivity index (χ0n) is 15.4. The Morgan fingerprint density at radius 1 is 1.26 bits per heavy atom. The molecule has 0 saturated carbocycles. The Morgan fingerprint density at radius 2 is 2.00 bits per heavy atom. The summed E-state index contributed by atoms with van der Waals surface area (Å²) in [6.45, 7) is 2.72. The molecule has 0 aromatic heterocycles. The monoisotopic (exact) mass is 384 g/mol. The maximum absolute atomic E-state index is 13.0. The van der Waals surface area contributed by atoms with Gasteiger partial charge >= 0.3 is 6.18 Å². The summed E-state index contributed by atoms with van der Waals surface area (Å²) in [5.41, 5.74) is -0.978. The molecule has 8 heteroatoms. The van der Waals surface area contributed by atoms with Gasteiger partial charge in [-0.05, 0) is 24.6 Å². The van der Waals surface area contributed by atoms with Crippen LogP contribution in [0.4, 0.5) is 13.2 Å². The average Bonchev–Trinajstić information content (AvgIpc) is 3.00. The molecule has 0 N–H and O–H groups in total. The molecule has 1 aromatic carbocycles. The van der Waals surface area contributed by atoms with E-state index < -0.39 is 23.8 Å². The SMILES string of the molecule is CCCCCC(=O)N1C[C@@H]2Oc3ccc(C(F)(F)F)cc3C(=O)N(C)[C@@H]2C1. The highest BCUT2D eigenvalue weighted by Crippen LogP contribution is 2.36. The van der Waals surface area contributed by atoms with E-state index in [1.807, 2.05) is 0 Å². The molecule has 0 aliphatic carbocycles. The smallest absolute Gasteiger partial charge is 0.416 e. The Balaban J connectivity index is 1.80. The zero-order valence-corrected chi connectivity index (χ0v) is 15.4. The topological polar surface area (TPSA) is 49.9 Å². The standard InChI is InChI=1S/C19H23F3N2O3/c1-3-4-5-6-17(25)24-10-14-16(11-24)27-15-8-7-12(19(20,21)22)9-13(15)18(26)23(14)2/h7-9,14,16H,3-6,10-11H2,1-2H3/t14-,16+/m1/s1. The molecule has 3 rings (SSSR count). The van der Waals surface area contributed by atoms with E-state index in [4.69, 9.17) is 4.74 Å². The number of amides is 2. The van der Waals surface area contributed by atoms with Gasteiger partial charge in [-0.3, -0.25) is 9.59 Å². The molecule has 1 fully saturated rings. The summed E-state index contributed by atoms with van der Waals surface area (Å²) in [6, 6.07) is 2.56. The van der Waals surface area contributed by atoms with E-state index in [9.17, 15) is 22.8 Å². The van der Waals surface area contributed by atoms with Crippen molar-refractivity contribution in [3.8, 4) is 5.75 Å². The number of nitrogens with zero attached hydrogens (tertiary/aromatic N) is 2. The molecule has 2 amide bonds. The van der Waals surface area contributed by atoms with Crippen LogP contribution >= 0.6 is 0 Å². The Hall–Kier alpha value is -2.25. The summed E-state index contributed by atoms with van der Waals surface area (Å²) >= 11 is 0. The predicted molar refractivity (Wildman–Crippen MR) is 92.5 cm³/mol. The van der Waals surface area contributed by atoms with Gasteiger partial charge in [-0.1, -0.05) is 19.8 Å². The summed E-state index contributed by atoms with van der Waals surface area (Å²) in [5, 5.41) is 0. The fourth-order valence-corrected chi connectivity index (χ4v) is 3.61. The zero-order chi connectivity index (χ0) is 19.8. The second kappa shape index (κ2) is 7.40. The van der Waals surface area contributed by atoms with E-state index in [1.165, 1.54) is 11.0 Å². The first-order valence-electron chi connectivity index (χ1n) is 9.15. The molecule has 0 radical (unpaired) electrons. The molecule has 0 bridgehead atoms. The quantitative estimate of drug-likeness (QED) is 0.749. The number of carbonyl (C=O) groups is 2. The lowest BCUT2D eigenvalue weighted by Crippen LogP contribution is -2.44. The number of hydrogen-bond donors (Lipinski definition) is 0. The van der Waals surface area contributed by atoms with Crippen LogP contribution in [0.1, 0.15) is 48.5 Å². The molecule has 5 nitrogen and oxygen atoms in total. The fraction of sp³-hybridized carbons (Fsp3) is 0.579. The summed E-state index contributed by atoms with van der Waals surface area (Å²) in [5.74, 6) is -0.370. The number of likely N-dealkylation sites (N-methyl/N-ethyl adjacent to an activating group) is 1. The molecule has 0 spiro atoms. The largest absolute Gasteiger partial charge is 0.486 e. The molecule has 2 atom stereocenters. The number of halogens is 3. The third-order valence-electron chi connectivity index (χ3n) is 5.22. The van der Waals surface area contributed by atoms with Crippen LogP contribution in [0.5, 0.6) is 5.75 Å². The number of hydrogen-bond acceptors (Lipinski definition) is 3. The van der Waals surface area contributed by atoms with Crippen molar-refractivity contribution < 1.29 is 27.5 Å². The summed E-state index contributed by atoms with van der Waals surface area (Å²) < 4.78 is 44.8. The van der Waals surface area contributed by atoms with Crippen molar-refractivity contribution in [2.45, 2.75) is 50.9 Å². The highest BCUT2D eigenvalue weighted by molar-refractivity contribution is 5.97. The lowest BCUT2D eigenvalue weighted by Gasteiger charge is -2.25. The lowest BCUT2D eigenvalue weighted by atomic mass is 10.1. The van der Waals surface area contributed by atoms with Crippen LogP contribution in [0.15, 0.2) is 18.2 Å². The van der Waals surface area contributed by atoms with Crippen molar-refractivity contribution >= 4 is 11.8 Å². The number of likely N-dealkylation sites (tertiary alicyclic amines) is 1. The van der Waals surface area contributed by atoms with Crippen LogP contribution in [0, 0.1) is 0 Å². The third kappa shape index (κ3) is 3.89. The highest BCUT2D eigenvalue weighted by atomic mass is 19.4. The molecule has 2 heterocycles. The number of rotatable bonds is 4. The van der Waals surface area contributed by atoms with E-state index in [0.29, 0.717) is 19.5 Å². The van der Waals surface area contributed by atoms with Gasteiger partial charge in [0.25, 0.3) is 5.91 Å².